The topological polar surface area (TPSA) is 57.8 Å². The lowest BCUT2D eigenvalue weighted by molar-refractivity contribution is -0.120. The van der Waals surface area contributed by atoms with Crippen LogP contribution in [0.2, 0.25) is 0 Å². The van der Waals surface area contributed by atoms with Crippen molar-refractivity contribution in [3.63, 3.8) is 0 Å². The number of nitrogens with one attached hydrogen (secondary N) is 2. The number of carbonyl (C=O) groups excluding carboxylic acids is 1. The standard InChI is InChI=1S/C14H19N3O/c1-10(7-8-14(18)15-2)9-13-16-11-5-3-4-6-12(11)17-13/h3-6,10H,7-9H2,1-2H3,(H,15,18)(H,16,17)/t10-/m0/s1. The fourth-order valence-corrected chi connectivity index (χ4v) is 2.04. The normalized spacial score (nSPS) is 12.6. The summed E-state index contributed by atoms with van der Waals surface area (Å²) in [6, 6.07) is 8.02. The highest BCUT2D eigenvalue weighted by Gasteiger charge is 2.09. The first kappa shape index (κ1) is 12.6. The first-order valence-electron chi connectivity index (χ1n) is 6.33. The van der Waals surface area contributed by atoms with E-state index in [0.29, 0.717) is 12.3 Å². The summed E-state index contributed by atoms with van der Waals surface area (Å²) in [6.07, 6.45) is 2.35. The Bertz CT molecular complexity index is 500. The number of para-hydroxylation sites is 2. The van der Waals surface area contributed by atoms with Gasteiger partial charge in [-0.25, -0.2) is 4.98 Å². The molecule has 0 aliphatic heterocycles. The molecule has 0 aliphatic rings. The van der Waals surface area contributed by atoms with E-state index in [2.05, 4.69) is 22.2 Å². The van der Waals surface area contributed by atoms with Crippen LogP contribution in [0.25, 0.3) is 11.0 Å². The van der Waals surface area contributed by atoms with Crippen LogP contribution < -0.4 is 5.32 Å². The number of benzene rings is 1. The van der Waals surface area contributed by atoms with Crippen LogP contribution in [-0.4, -0.2) is 22.9 Å². The van der Waals surface area contributed by atoms with Crippen molar-refractivity contribution in [2.45, 2.75) is 26.2 Å². The third-order valence-corrected chi connectivity index (χ3v) is 3.12. The number of hydrogen-bond acceptors (Lipinski definition) is 2. The van der Waals surface area contributed by atoms with Crippen molar-refractivity contribution in [3.05, 3.63) is 30.1 Å². The Balaban J connectivity index is 1.94. The third kappa shape index (κ3) is 3.09. The van der Waals surface area contributed by atoms with Crippen LogP contribution in [0.5, 0.6) is 0 Å². The van der Waals surface area contributed by atoms with Gasteiger partial charge in [-0.05, 0) is 24.5 Å². The Labute approximate surface area is 107 Å². The summed E-state index contributed by atoms with van der Waals surface area (Å²) in [5.74, 6) is 1.55. The van der Waals surface area contributed by atoms with Gasteiger partial charge in [0.05, 0.1) is 11.0 Å². The van der Waals surface area contributed by atoms with E-state index in [1.165, 1.54) is 0 Å². The van der Waals surface area contributed by atoms with Gasteiger partial charge in [0.15, 0.2) is 0 Å². The van der Waals surface area contributed by atoms with Crippen molar-refractivity contribution in [2.24, 2.45) is 5.92 Å². The highest BCUT2D eigenvalue weighted by molar-refractivity contribution is 5.75. The van der Waals surface area contributed by atoms with Crippen molar-refractivity contribution in [2.75, 3.05) is 7.05 Å². The van der Waals surface area contributed by atoms with E-state index < -0.39 is 0 Å². The molecule has 2 N–H and O–H groups in total. The molecule has 1 heterocycles. The number of hydrogen-bond donors (Lipinski definition) is 2. The van der Waals surface area contributed by atoms with Gasteiger partial charge in [-0.3, -0.25) is 4.79 Å². The fourth-order valence-electron chi connectivity index (χ4n) is 2.04. The second-order valence-electron chi connectivity index (χ2n) is 4.72. The number of aromatic nitrogens is 2. The number of amides is 1. The van der Waals surface area contributed by atoms with Gasteiger partial charge in [0.1, 0.15) is 5.82 Å². The molecule has 2 aromatic rings. The largest absolute Gasteiger partial charge is 0.359 e. The van der Waals surface area contributed by atoms with Crippen molar-refractivity contribution < 1.29 is 4.79 Å². The zero-order valence-electron chi connectivity index (χ0n) is 10.9. The summed E-state index contributed by atoms with van der Waals surface area (Å²) < 4.78 is 0. The number of rotatable bonds is 5. The average Bonchev–Trinajstić information content (AvgIpc) is 2.77. The Morgan fingerprint density at radius 2 is 2.22 bits per heavy atom. The minimum Gasteiger partial charge on any atom is -0.359 e. The Kier molecular flexibility index (Phi) is 3.97. The summed E-state index contributed by atoms with van der Waals surface area (Å²) >= 11 is 0. The van der Waals surface area contributed by atoms with Crippen LogP contribution in [0, 0.1) is 5.92 Å². The van der Waals surface area contributed by atoms with E-state index in [1.807, 2.05) is 24.3 Å². The van der Waals surface area contributed by atoms with Crippen LogP contribution in [0.15, 0.2) is 24.3 Å². The number of fused-ring (bicyclic) bond motifs is 1. The molecule has 0 fully saturated rings. The molecular formula is C14H19N3O. The lowest BCUT2D eigenvalue weighted by Gasteiger charge is -2.08. The molecule has 0 spiro atoms. The second kappa shape index (κ2) is 5.67. The van der Waals surface area contributed by atoms with Gasteiger partial charge in [0, 0.05) is 19.9 Å². The van der Waals surface area contributed by atoms with Gasteiger partial charge in [0.25, 0.3) is 0 Å². The molecule has 0 bridgehead atoms. The summed E-state index contributed by atoms with van der Waals surface area (Å²) in [7, 11) is 1.67. The lowest BCUT2D eigenvalue weighted by Crippen LogP contribution is -2.18. The smallest absolute Gasteiger partial charge is 0.219 e. The van der Waals surface area contributed by atoms with Crippen LogP contribution in [0.1, 0.15) is 25.6 Å². The van der Waals surface area contributed by atoms with E-state index in [4.69, 9.17) is 0 Å². The minimum absolute atomic E-state index is 0.103. The Morgan fingerprint density at radius 3 is 2.94 bits per heavy atom. The molecule has 4 nitrogen and oxygen atoms in total. The minimum atomic E-state index is 0.103. The number of nitrogens with zero attached hydrogens (tertiary/aromatic N) is 1. The molecule has 96 valence electrons. The maximum atomic E-state index is 11.2. The molecule has 18 heavy (non-hydrogen) atoms. The van der Waals surface area contributed by atoms with E-state index in [1.54, 1.807) is 7.05 Å². The van der Waals surface area contributed by atoms with Gasteiger partial charge in [-0.15, -0.1) is 0 Å². The Morgan fingerprint density at radius 1 is 1.44 bits per heavy atom. The molecule has 0 saturated heterocycles. The SMILES string of the molecule is CNC(=O)CC[C@H](C)Cc1nc2ccccc2[nH]1. The van der Waals surface area contributed by atoms with Crippen molar-refractivity contribution in [3.8, 4) is 0 Å². The molecule has 1 amide bonds. The molecule has 2 rings (SSSR count). The van der Waals surface area contributed by atoms with E-state index in [0.717, 1.165) is 29.7 Å². The van der Waals surface area contributed by atoms with Crippen molar-refractivity contribution in [1.82, 2.24) is 15.3 Å². The average molecular weight is 245 g/mol. The molecule has 0 aliphatic carbocycles. The molecule has 0 saturated carbocycles. The summed E-state index contributed by atoms with van der Waals surface area (Å²) in [5.41, 5.74) is 2.08. The second-order valence-corrected chi connectivity index (χ2v) is 4.72. The number of imidazole rings is 1. The predicted octanol–water partition coefficient (Wildman–Crippen LogP) is 2.27. The zero-order chi connectivity index (χ0) is 13.0. The fraction of sp³-hybridized carbons (Fsp3) is 0.429. The lowest BCUT2D eigenvalue weighted by atomic mass is 10.0. The van der Waals surface area contributed by atoms with Gasteiger partial charge >= 0.3 is 0 Å². The maximum absolute atomic E-state index is 11.2. The van der Waals surface area contributed by atoms with E-state index in [9.17, 15) is 4.79 Å². The molecule has 0 radical (unpaired) electrons. The van der Waals surface area contributed by atoms with Crippen LogP contribution >= 0.6 is 0 Å². The van der Waals surface area contributed by atoms with E-state index in [-0.39, 0.29) is 5.91 Å². The summed E-state index contributed by atoms with van der Waals surface area (Å²) in [4.78, 5) is 19.0. The first-order valence-corrected chi connectivity index (χ1v) is 6.33. The number of carbonyl (C=O) groups is 1. The number of H-pyrrole nitrogens is 1. The maximum Gasteiger partial charge on any atom is 0.219 e. The van der Waals surface area contributed by atoms with Gasteiger partial charge < -0.3 is 10.3 Å². The molecule has 4 heteroatoms. The third-order valence-electron chi connectivity index (χ3n) is 3.12. The molecule has 1 aromatic carbocycles. The highest BCUT2D eigenvalue weighted by Crippen LogP contribution is 2.15. The monoisotopic (exact) mass is 245 g/mol. The predicted molar refractivity (Wildman–Crippen MR) is 72.3 cm³/mol. The molecule has 1 atom stereocenters. The quantitative estimate of drug-likeness (QED) is 0.849. The van der Waals surface area contributed by atoms with Gasteiger partial charge in [0.2, 0.25) is 5.91 Å². The first-order chi connectivity index (χ1) is 8.69. The molecule has 0 unspecified atom stereocenters. The highest BCUT2D eigenvalue weighted by atomic mass is 16.1. The van der Waals surface area contributed by atoms with Crippen LogP contribution in [0.4, 0.5) is 0 Å². The van der Waals surface area contributed by atoms with Gasteiger partial charge in [-0.2, -0.15) is 0 Å². The Hall–Kier alpha value is -1.84. The molecular weight excluding hydrogens is 226 g/mol. The van der Waals surface area contributed by atoms with Crippen LogP contribution in [-0.2, 0) is 11.2 Å². The summed E-state index contributed by atoms with van der Waals surface area (Å²) in [5, 5.41) is 2.64. The molecule has 1 aromatic heterocycles. The summed E-state index contributed by atoms with van der Waals surface area (Å²) in [6.45, 7) is 2.15. The van der Waals surface area contributed by atoms with Crippen molar-refractivity contribution in [1.29, 1.82) is 0 Å². The zero-order valence-corrected chi connectivity index (χ0v) is 10.9. The van der Waals surface area contributed by atoms with E-state index >= 15 is 0 Å². The van der Waals surface area contributed by atoms with Crippen LogP contribution in [0.3, 0.4) is 0 Å². The van der Waals surface area contributed by atoms with Gasteiger partial charge in [-0.1, -0.05) is 19.1 Å². The van der Waals surface area contributed by atoms with Crippen molar-refractivity contribution >= 4 is 16.9 Å². The number of aromatic amines is 1.